The van der Waals surface area contributed by atoms with E-state index < -0.39 is 0 Å². The van der Waals surface area contributed by atoms with Gasteiger partial charge in [0.1, 0.15) is 12.4 Å². The van der Waals surface area contributed by atoms with E-state index in [1.807, 2.05) is 22.9 Å². The lowest BCUT2D eigenvalue weighted by molar-refractivity contribution is 0.177. The molecule has 0 saturated heterocycles. The van der Waals surface area contributed by atoms with Gasteiger partial charge in [-0.1, -0.05) is 23.5 Å². The Bertz CT molecular complexity index is 971. The van der Waals surface area contributed by atoms with E-state index >= 15 is 0 Å². The number of aromatic nitrogens is 4. The van der Waals surface area contributed by atoms with Gasteiger partial charge in [-0.2, -0.15) is 5.10 Å². The van der Waals surface area contributed by atoms with Crippen molar-refractivity contribution in [2.45, 2.75) is 39.0 Å². The Kier molecular flexibility index (Phi) is 8.84. The van der Waals surface area contributed by atoms with Crippen LogP contribution in [0.2, 0.25) is 0 Å². The zero-order valence-corrected chi connectivity index (χ0v) is 20.9. The number of aliphatic imine (C=N–C) groups is 1. The first-order valence-electron chi connectivity index (χ1n) is 10.3. The van der Waals surface area contributed by atoms with Gasteiger partial charge >= 0.3 is 0 Å². The number of benzene rings is 1. The Hall–Kier alpha value is -1.99. The number of fused-ring (bicyclic) bond motifs is 2. The number of nitrogens with one attached hydrogen (secondary N) is 3. The number of hydrogen-bond acceptors (Lipinski definition) is 7. The topological polar surface area (TPSA) is 101 Å². The summed E-state index contributed by atoms with van der Waals surface area (Å²) >= 11 is 1.67. The van der Waals surface area contributed by atoms with Crippen molar-refractivity contribution in [2.24, 2.45) is 4.99 Å². The predicted molar refractivity (Wildman–Crippen MR) is 135 cm³/mol. The minimum atomic E-state index is 0. The molecule has 4 rings (SSSR count). The highest BCUT2D eigenvalue weighted by atomic mass is 127. The van der Waals surface area contributed by atoms with Crippen molar-refractivity contribution in [3.63, 3.8) is 0 Å². The smallest absolute Gasteiger partial charge is 0.191 e. The van der Waals surface area contributed by atoms with Crippen molar-refractivity contribution in [3.05, 3.63) is 35.9 Å². The second-order valence-electron chi connectivity index (χ2n) is 7.11. The Morgan fingerprint density at radius 3 is 3.00 bits per heavy atom. The fourth-order valence-electron chi connectivity index (χ4n) is 3.46. The number of thiazole rings is 1. The average Bonchev–Trinajstić information content (AvgIpc) is 3.34. The third-order valence-electron chi connectivity index (χ3n) is 4.81. The van der Waals surface area contributed by atoms with Gasteiger partial charge in [0.05, 0.1) is 23.3 Å². The van der Waals surface area contributed by atoms with E-state index in [-0.39, 0.29) is 30.0 Å². The molecule has 3 heterocycles. The minimum Gasteiger partial charge on any atom is -0.377 e. The highest BCUT2D eigenvalue weighted by Crippen LogP contribution is 2.25. The first kappa shape index (κ1) is 23.7. The number of methoxy groups -OCH3 is 1. The number of rotatable bonds is 8. The standard InChI is InChI=1S/C20H28N8OS.HI/c1-3-21-19(22-10-11-23-20-25-15-6-4-5-7-16(15)30-20)24-14-8-9-18-26-17(13-29-2)27-28(18)12-14;/h4-7,14H,3,8-13H2,1-2H3,(H,23,25)(H2,21,22,24);1H. The number of guanidine groups is 1. The Morgan fingerprint density at radius 1 is 1.32 bits per heavy atom. The average molecular weight is 556 g/mol. The number of anilines is 1. The van der Waals surface area contributed by atoms with E-state index in [4.69, 9.17) is 9.73 Å². The van der Waals surface area contributed by atoms with Gasteiger partial charge in [-0.05, 0) is 25.5 Å². The fraction of sp³-hybridized carbons (Fsp3) is 0.500. The molecule has 1 aliphatic heterocycles. The molecule has 0 radical (unpaired) electrons. The second-order valence-corrected chi connectivity index (χ2v) is 8.14. The van der Waals surface area contributed by atoms with Gasteiger partial charge in [0.2, 0.25) is 0 Å². The number of nitrogens with zero attached hydrogens (tertiary/aromatic N) is 5. The van der Waals surface area contributed by atoms with Crippen molar-refractivity contribution in [3.8, 4) is 0 Å². The third-order valence-corrected chi connectivity index (χ3v) is 5.81. The molecule has 31 heavy (non-hydrogen) atoms. The van der Waals surface area contributed by atoms with Gasteiger partial charge in [-0.25, -0.2) is 14.6 Å². The zero-order valence-electron chi connectivity index (χ0n) is 17.8. The monoisotopic (exact) mass is 556 g/mol. The molecule has 0 fully saturated rings. The first-order chi connectivity index (χ1) is 14.7. The molecular formula is C20H29IN8OS. The van der Waals surface area contributed by atoms with Gasteiger partial charge in [0, 0.05) is 32.7 Å². The fourth-order valence-corrected chi connectivity index (χ4v) is 4.35. The lowest BCUT2D eigenvalue weighted by Gasteiger charge is -2.25. The van der Waals surface area contributed by atoms with Crippen LogP contribution >= 0.6 is 35.3 Å². The molecule has 1 unspecified atom stereocenters. The quantitative estimate of drug-likeness (QED) is 0.170. The molecule has 1 aliphatic rings. The highest BCUT2D eigenvalue weighted by molar-refractivity contribution is 14.0. The maximum Gasteiger partial charge on any atom is 0.191 e. The molecule has 2 aromatic heterocycles. The van der Waals surface area contributed by atoms with E-state index in [0.29, 0.717) is 13.2 Å². The van der Waals surface area contributed by atoms with Crippen LogP contribution in [0.1, 0.15) is 25.0 Å². The van der Waals surface area contributed by atoms with Gasteiger partial charge in [0.15, 0.2) is 16.9 Å². The maximum atomic E-state index is 5.14. The Labute approximate surface area is 203 Å². The summed E-state index contributed by atoms with van der Waals surface area (Å²) in [5.41, 5.74) is 1.03. The van der Waals surface area contributed by atoms with E-state index in [9.17, 15) is 0 Å². The van der Waals surface area contributed by atoms with Crippen LogP contribution < -0.4 is 16.0 Å². The van der Waals surface area contributed by atoms with Gasteiger partial charge in [-0.15, -0.1) is 24.0 Å². The lowest BCUT2D eigenvalue weighted by atomic mass is 10.1. The number of hydrogen-bond donors (Lipinski definition) is 3. The van der Waals surface area contributed by atoms with Crippen LogP contribution in [0.25, 0.3) is 10.2 Å². The van der Waals surface area contributed by atoms with E-state index in [1.165, 1.54) is 4.70 Å². The van der Waals surface area contributed by atoms with E-state index in [2.05, 4.69) is 44.0 Å². The minimum absolute atomic E-state index is 0. The van der Waals surface area contributed by atoms with Crippen LogP contribution in [-0.4, -0.2) is 58.5 Å². The molecule has 3 aromatic rings. The largest absolute Gasteiger partial charge is 0.377 e. The van der Waals surface area contributed by atoms with Crippen molar-refractivity contribution in [2.75, 3.05) is 32.1 Å². The third kappa shape index (κ3) is 6.26. The molecule has 3 N–H and O–H groups in total. The molecule has 1 aromatic carbocycles. The molecule has 0 saturated carbocycles. The number of halogens is 1. The normalized spacial score (nSPS) is 15.9. The molecule has 11 heteroatoms. The molecule has 0 bridgehead atoms. The summed E-state index contributed by atoms with van der Waals surface area (Å²) in [5.74, 6) is 2.60. The number of para-hydroxylation sites is 1. The van der Waals surface area contributed by atoms with Crippen molar-refractivity contribution < 1.29 is 4.74 Å². The number of aryl methyl sites for hydroxylation is 1. The van der Waals surface area contributed by atoms with Crippen molar-refractivity contribution >= 4 is 56.6 Å². The highest BCUT2D eigenvalue weighted by Gasteiger charge is 2.22. The SMILES string of the molecule is CCNC(=NCCNc1nc2ccccc2s1)NC1CCc2nc(COC)nn2C1.I. The summed E-state index contributed by atoms with van der Waals surface area (Å²) in [4.78, 5) is 13.8. The van der Waals surface area contributed by atoms with Gasteiger partial charge in [0.25, 0.3) is 0 Å². The van der Waals surface area contributed by atoms with Crippen LogP contribution in [0.3, 0.4) is 0 Å². The molecule has 0 spiro atoms. The van der Waals surface area contributed by atoms with Crippen molar-refractivity contribution in [1.82, 2.24) is 30.4 Å². The predicted octanol–water partition coefficient (Wildman–Crippen LogP) is 2.63. The van der Waals surface area contributed by atoms with Crippen LogP contribution in [0.5, 0.6) is 0 Å². The summed E-state index contributed by atoms with van der Waals surface area (Å²) in [6, 6.07) is 8.44. The van der Waals surface area contributed by atoms with Gasteiger partial charge in [-0.3, -0.25) is 4.99 Å². The van der Waals surface area contributed by atoms with Crippen LogP contribution in [-0.2, 0) is 24.3 Å². The number of ether oxygens (including phenoxy) is 1. The summed E-state index contributed by atoms with van der Waals surface area (Å²) < 4.78 is 8.31. The summed E-state index contributed by atoms with van der Waals surface area (Å²) in [6.45, 7) is 5.50. The van der Waals surface area contributed by atoms with Gasteiger partial charge < -0.3 is 20.7 Å². The molecule has 168 valence electrons. The molecule has 9 nitrogen and oxygen atoms in total. The van der Waals surface area contributed by atoms with Crippen LogP contribution in [0.4, 0.5) is 5.13 Å². The summed E-state index contributed by atoms with van der Waals surface area (Å²) in [6.07, 6.45) is 1.90. The van der Waals surface area contributed by atoms with E-state index in [1.54, 1.807) is 18.4 Å². The Balaban J connectivity index is 0.00000272. The molecule has 1 atom stereocenters. The lowest BCUT2D eigenvalue weighted by Crippen LogP contribution is -2.47. The maximum absolute atomic E-state index is 5.14. The van der Waals surface area contributed by atoms with E-state index in [0.717, 1.165) is 60.7 Å². The van der Waals surface area contributed by atoms with Crippen molar-refractivity contribution in [1.29, 1.82) is 0 Å². The summed E-state index contributed by atoms with van der Waals surface area (Å²) in [7, 11) is 1.66. The molecule has 0 amide bonds. The second kappa shape index (κ2) is 11.6. The Morgan fingerprint density at radius 2 is 2.19 bits per heavy atom. The molecular weight excluding hydrogens is 527 g/mol. The molecule has 0 aliphatic carbocycles. The van der Waals surface area contributed by atoms with Crippen LogP contribution in [0, 0.1) is 0 Å². The zero-order chi connectivity index (χ0) is 20.8. The van der Waals surface area contributed by atoms with Crippen LogP contribution in [0.15, 0.2) is 29.3 Å². The summed E-state index contributed by atoms with van der Waals surface area (Å²) in [5, 5.41) is 15.7. The first-order valence-corrected chi connectivity index (χ1v) is 11.1.